The molecular weight excluding hydrogens is 358 g/mol. The van der Waals surface area contributed by atoms with Gasteiger partial charge in [0.2, 0.25) is 12.3 Å². The minimum absolute atomic E-state index is 0.00127. The Balaban J connectivity index is 1.82. The number of ether oxygens (including phenoxy) is 3. The topological polar surface area (TPSA) is 75.5 Å². The quantitative estimate of drug-likeness (QED) is 0.285. The van der Waals surface area contributed by atoms with Crippen LogP contribution < -0.4 is 5.32 Å². The van der Waals surface area contributed by atoms with E-state index in [2.05, 4.69) is 16.9 Å². The molecule has 0 aromatic heterocycles. The Kier molecular flexibility index (Phi) is 9.98. The van der Waals surface area contributed by atoms with E-state index in [4.69, 9.17) is 14.2 Å². The van der Waals surface area contributed by atoms with Gasteiger partial charge in [-0.2, -0.15) is 0 Å². The van der Waals surface area contributed by atoms with Gasteiger partial charge >= 0.3 is 0 Å². The van der Waals surface area contributed by atoms with Gasteiger partial charge in [-0.3, -0.25) is 4.90 Å². The summed E-state index contributed by atoms with van der Waals surface area (Å²) in [6, 6.07) is 0. The first-order chi connectivity index (χ1) is 13.5. The molecule has 2 rings (SSSR count). The summed E-state index contributed by atoms with van der Waals surface area (Å²) in [7, 11) is 0. The number of hydrogen-bond donors (Lipinski definition) is 2. The van der Waals surface area contributed by atoms with Crippen LogP contribution in [0.5, 0.6) is 0 Å². The molecule has 0 spiro atoms. The zero-order valence-electron chi connectivity index (χ0n) is 17.6. The van der Waals surface area contributed by atoms with Gasteiger partial charge in [-0.25, -0.2) is 4.99 Å². The summed E-state index contributed by atoms with van der Waals surface area (Å²) >= 11 is 0. The van der Waals surface area contributed by atoms with Crippen LogP contribution in [-0.2, 0) is 14.2 Å². The fraction of sp³-hybridized carbons (Fsp3) is 0.762. The third kappa shape index (κ3) is 7.91. The summed E-state index contributed by atoms with van der Waals surface area (Å²) in [6.07, 6.45) is 7.49. The monoisotopic (exact) mass is 395 g/mol. The van der Waals surface area contributed by atoms with Crippen molar-refractivity contribution in [2.75, 3.05) is 26.2 Å². The van der Waals surface area contributed by atoms with Crippen LogP contribution in [0.25, 0.3) is 0 Å². The van der Waals surface area contributed by atoms with Crippen LogP contribution in [0.15, 0.2) is 29.6 Å². The summed E-state index contributed by atoms with van der Waals surface area (Å²) in [4.78, 5) is 6.24. The summed E-state index contributed by atoms with van der Waals surface area (Å²) in [5.41, 5.74) is 0.864. The van der Waals surface area contributed by atoms with Gasteiger partial charge in [0, 0.05) is 24.9 Å². The van der Waals surface area contributed by atoms with Crippen LogP contribution in [-0.4, -0.2) is 66.8 Å². The highest BCUT2D eigenvalue weighted by atomic mass is 16.6. The summed E-state index contributed by atoms with van der Waals surface area (Å²) in [5, 5.41) is 13.5. The van der Waals surface area contributed by atoms with Crippen molar-refractivity contribution in [3.05, 3.63) is 24.6 Å². The molecule has 7 heteroatoms. The number of aliphatic imine (C=N–C) groups is 1. The van der Waals surface area contributed by atoms with Crippen LogP contribution in [0.3, 0.4) is 0 Å². The average molecular weight is 396 g/mol. The third-order valence-electron chi connectivity index (χ3n) is 4.97. The molecule has 0 bridgehead atoms. The summed E-state index contributed by atoms with van der Waals surface area (Å²) < 4.78 is 17.6. The van der Waals surface area contributed by atoms with Crippen LogP contribution in [0.2, 0.25) is 0 Å². The second-order valence-corrected chi connectivity index (χ2v) is 7.72. The molecule has 2 heterocycles. The van der Waals surface area contributed by atoms with Crippen molar-refractivity contribution in [2.45, 2.75) is 77.6 Å². The number of hydrogen-bond acceptors (Lipinski definition) is 7. The minimum Gasteiger partial charge on any atom is -0.497 e. The fourth-order valence-electron chi connectivity index (χ4n) is 3.38. The van der Waals surface area contributed by atoms with Crippen molar-refractivity contribution in [1.82, 2.24) is 10.2 Å². The molecule has 0 aliphatic carbocycles. The van der Waals surface area contributed by atoms with Crippen LogP contribution in [0.4, 0.5) is 0 Å². The normalized spacial score (nSPS) is 24.7. The first kappa shape index (κ1) is 22.9. The van der Waals surface area contributed by atoms with Crippen LogP contribution in [0, 0.1) is 0 Å². The standard InChI is InChI=1S/C21H37N3O4/c1-5-23-20(28-19-7-6-11-22-12-8-19)17(4)15-26-18-9-13-24(14-10-18)21(25)27-16(2)3/h5,15-16,18-19,21-22,25H,1,6-14H2,2-4H3. The van der Waals surface area contributed by atoms with Gasteiger partial charge in [-0.05, 0) is 66.0 Å². The lowest BCUT2D eigenvalue weighted by Gasteiger charge is -2.34. The predicted octanol–water partition coefficient (Wildman–Crippen LogP) is 2.77. The van der Waals surface area contributed by atoms with E-state index in [1.807, 2.05) is 25.7 Å². The van der Waals surface area contributed by atoms with Gasteiger partial charge in [0.05, 0.1) is 12.4 Å². The number of aliphatic hydroxyl groups is 1. The lowest BCUT2D eigenvalue weighted by molar-refractivity contribution is -0.218. The largest absolute Gasteiger partial charge is 0.497 e. The number of nitrogens with zero attached hydrogens (tertiary/aromatic N) is 2. The average Bonchev–Trinajstić information content (AvgIpc) is 2.94. The molecule has 0 saturated carbocycles. The zero-order valence-corrected chi connectivity index (χ0v) is 17.6. The molecule has 2 atom stereocenters. The number of piperidine rings is 1. The molecule has 2 aliphatic heterocycles. The predicted molar refractivity (Wildman–Crippen MR) is 111 cm³/mol. The molecule has 0 aromatic rings. The van der Waals surface area contributed by atoms with E-state index in [1.54, 1.807) is 6.26 Å². The maximum atomic E-state index is 10.1. The van der Waals surface area contributed by atoms with E-state index in [-0.39, 0.29) is 18.3 Å². The van der Waals surface area contributed by atoms with E-state index in [0.717, 1.165) is 63.9 Å². The van der Waals surface area contributed by atoms with Gasteiger partial charge in [0.25, 0.3) is 0 Å². The second-order valence-electron chi connectivity index (χ2n) is 7.72. The summed E-state index contributed by atoms with van der Waals surface area (Å²) in [6.45, 7) is 13.0. The Morgan fingerprint density at radius 1 is 1.18 bits per heavy atom. The zero-order chi connectivity index (χ0) is 20.4. The molecule has 7 nitrogen and oxygen atoms in total. The minimum atomic E-state index is -0.841. The van der Waals surface area contributed by atoms with Crippen molar-refractivity contribution in [3.8, 4) is 0 Å². The molecule has 2 fully saturated rings. The third-order valence-corrected chi connectivity index (χ3v) is 4.97. The highest BCUT2D eigenvalue weighted by Crippen LogP contribution is 2.18. The SMILES string of the molecule is C=CN=C(OC1CCCNCC1)C(C)=COC1CCN(C(O)OC(C)C)CC1. The molecule has 2 aliphatic rings. The highest BCUT2D eigenvalue weighted by Gasteiger charge is 2.25. The molecule has 2 saturated heterocycles. The van der Waals surface area contributed by atoms with Crippen LogP contribution >= 0.6 is 0 Å². The van der Waals surface area contributed by atoms with Gasteiger partial charge in [-0.15, -0.1) is 0 Å². The Bertz CT molecular complexity index is 520. The van der Waals surface area contributed by atoms with E-state index in [0.29, 0.717) is 5.90 Å². The first-order valence-electron chi connectivity index (χ1n) is 10.5. The molecule has 0 aromatic carbocycles. The van der Waals surface area contributed by atoms with Gasteiger partial charge in [-0.1, -0.05) is 6.58 Å². The molecule has 2 unspecified atom stereocenters. The van der Waals surface area contributed by atoms with Crippen molar-refractivity contribution in [1.29, 1.82) is 0 Å². The lowest BCUT2D eigenvalue weighted by Crippen LogP contribution is -2.45. The Labute approximate surface area is 169 Å². The van der Waals surface area contributed by atoms with Crippen LogP contribution in [0.1, 0.15) is 52.9 Å². The molecule has 2 N–H and O–H groups in total. The Morgan fingerprint density at radius 2 is 1.93 bits per heavy atom. The van der Waals surface area contributed by atoms with E-state index < -0.39 is 6.41 Å². The maximum absolute atomic E-state index is 10.1. The maximum Gasteiger partial charge on any atom is 0.219 e. The number of rotatable bonds is 8. The number of aliphatic hydroxyl groups excluding tert-OH is 1. The molecular formula is C21H37N3O4. The fourth-order valence-corrected chi connectivity index (χ4v) is 3.38. The first-order valence-corrected chi connectivity index (χ1v) is 10.5. The van der Waals surface area contributed by atoms with Crippen molar-refractivity contribution in [3.63, 3.8) is 0 Å². The highest BCUT2D eigenvalue weighted by molar-refractivity contribution is 5.93. The Morgan fingerprint density at radius 3 is 2.61 bits per heavy atom. The van der Waals surface area contributed by atoms with Crippen molar-refractivity contribution < 1.29 is 19.3 Å². The molecule has 0 radical (unpaired) electrons. The molecule has 0 amide bonds. The second kappa shape index (κ2) is 12.2. The smallest absolute Gasteiger partial charge is 0.219 e. The number of likely N-dealkylation sites (tertiary alicyclic amines) is 1. The van der Waals surface area contributed by atoms with E-state index in [1.165, 1.54) is 6.20 Å². The van der Waals surface area contributed by atoms with Crippen molar-refractivity contribution >= 4 is 5.90 Å². The van der Waals surface area contributed by atoms with Crippen molar-refractivity contribution in [2.24, 2.45) is 4.99 Å². The summed E-state index contributed by atoms with van der Waals surface area (Å²) in [5.74, 6) is 0.583. The van der Waals surface area contributed by atoms with Gasteiger partial charge in [0.15, 0.2) is 0 Å². The Hall–Kier alpha value is -1.41. The van der Waals surface area contributed by atoms with Gasteiger partial charge in [0.1, 0.15) is 12.2 Å². The van der Waals surface area contributed by atoms with E-state index in [9.17, 15) is 5.11 Å². The molecule has 28 heavy (non-hydrogen) atoms. The number of nitrogens with one attached hydrogen (secondary N) is 1. The lowest BCUT2D eigenvalue weighted by atomic mass is 10.1. The van der Waals surface area contributed by atoms with E-state index >= 15 is 0 Å². The van der Waals surface area contributed by atoms with Gasteiger partial charge < -0.3 is 24.6 Å². The molecule has 160 valence electrons.